The van der Waals surface area contributed by atoms with Gasteiger partial charge in [0, 0.05) is 45.1 Å². The molecule has 0 saturated heterocycles. The van der Waals surface area contributed by atoms with Crippen LogP contribution in [0.2, 0.25) is 0 Å². The van der Waals surface area contributed by atoms with Gasteiger partial charge in [0.1, 0.15) is 0 Å². The number of hydrogen-bond donors (Lipinski definition) is 2. The van der Waals surface area contributed by atoms with Gasteiger partial charge < -0.3 is 20.5 Å². The number of aryl methyl sites for hydroxylation is 1. The Labute approximate surface area is 124 Å². The number of nitrogens with one attached hydrogen (secondary N) is 1. The largest absolute Gasteiger partial charge is 0.397 e. The Hall–Kier alpha value is -2.50. The number of nitrogens with zero attached hydrogens (tertiary/aromatic N) is 3. The van der Waals surface area contributed by atoms with Crippen LogP contribution in [0.1, 0.15) is 16.8 Å². The first-order valence-electron chi connectivity index (χ1n) is 6.88. The summed E-state index contributed by atoms with van der Waals surface area (Å²) in [6, 6.07) is 5.35. The number of rotatable bonds is 6. The molecule has 3 N–H and O–H groups in total. The first-order chi connectivity index (χ1) is 10.1. The Balaban J connectivity index is 1.87. The molecule has 0 unspecified atom stereocenters. The molecule has 1 heterocycles. The van der Waals surface area contributed by atoms with Crippen molar-refractivity contribution in [1.82, 2.24) is 14.5 Å². The fourth-order valence-electron chi connectivity index (χ4n) is 2.02. The van der Waals surface area contributed by atoms with Crippen LogP contribution in [-0.4, -0.2) is 41.0 Å². The molecule has 0 radical (unpaired) electrons. The molecule has 0 aliphatic rings. The minimum Gasteiger partial charge on any atom is -0.397 e. The summed E-state index contributed by atoms with van der Waals surface area (Å²) in [5.74, 6) is -0.0478. The molecule has 1 aromatic carbocycles. The molecule has 112 valence electrons. The topological polar surface area (TPSA) is 76.2 Å². The number of imidazole rings is 1. The summed E-state index contributed by atoms with van der Waals surface area (Å²) >= 11 is 0. The van der Waals surface area contributed by atoms with E-state index in [0.717, 1.165) is 25.2 Å². The standard InChI is InChI=1S/C15H21N5O/c1-19(2)15(21)12-4-5-14(13(16)10-12)18-6-3-8-20-9-7-17-11-20/h4-5,7,9-11,18H,3,6,8,16H2,1-2H3. The van der Waals surface area contributed by atoms with Crippen LogP contribution >= 0.6 is 0 Å². The van der Waals surface area contributed by atoms with Gasteiger partial charge in [-0.3, -0.25) is 4.79 Å². The zero-order valence-electron chi connectivity index (χ0n) is 12.4. The molecule has 0 aliphatic carbocycles. The van der Waals surface area contributed by atoms with E-state index < -0.39 is 0 Å². The molecule has 1 amide bonds. The van der Waals surface area contributed by atoms with Crippen LogP contribution in [0.4, 0.5) is 11.4 Å². The van der Waals surface area contributed by atoms with Crippen LogP contribution in [0.5, 0.6) is 0 Å². The maximum Gasteiger partial charge on any atom is 0.253 e. The van der Waals surface area contributed by atoms with Crippen LogP contribution < -0.4 is 11.1 Å². The molecule has 0 saturated carbocycles. The maximum atomic E-state index is 11.8. The van der Waals surface area contributed by atoms with Gasteiger partial charge in [0.05, 0.1) is 17.7 Å². The van der Waals surface area contributed by atoms with Gasteiger partial charge in [0.25, 0.3) is 5.91 Å². The lowest BCUT2D eigenvalue weighted by Crippen LogP contribution is -2.21. The van der Waals surface area contributed by atoms with Crippen LogP contribution in [0.25, 0.3) is 0 Å². The molecule has 0 atom stereocenters. The van der Waals surface area contributed by atoms with Crippen LogP contribution in [-0.2, 0) is 6.54 Å². The normalized spacial score (nSPS) is 10.4. The zero-order chi connectivity index (χ0) is 15.2. The highest BCUT2D eigenvalue weighted by Crippen LogP contribution is 2.20. The van der Waals surface area contributed by atoms with E-state index in [-0.39, 0.29) is 5.91 Å². The van der Waals surface area contributed by atoms with Crippen molar-refractivity contribution in [1.29, 1.82) is 0 Å². The Kier molecular flexibility index (Phi) is 4.81. The fraction of sp³-hybridized carbons (Fsp3) is 0.333. The number of hydrogen-bond acceptors (Lipinski definition) is 4. The quantitative estimate of drug-likeness (QED) is 0.626. The van der Waals surface area contributed by atoms with Gasteiger partial charge in [-0.25, -0.2) is 4.98 Å². The number of amides is 1. The first-order valence-corrected chi connectivity index (χ1v) is 6.88. The van der Waals surface area contributed by atoms with Crippen LogP contribution in [0.3, 0.4) is 0 Å². The predicted octanol–water partition coefficient (Wildman–Crippen LogP) is 1.67. The number of carbonyl (C=O) groups is 1. The van der Waals surface area contributed by atoms with Crippen molar-refractivity contribution < 1.29 is 4.79 Å². The van der Waals surface area contributed by atoms with Gasteiger partial charge in [-0.15, -0.1) is 0 Å². The zero-order valence-corrected chi connectivity index (χ0v) is 12.4. The van der Waals surface area contributed by atoms with Gasteiger partial charge in [0.2, 0.25) is 0 Å². The highest BCUT2D eigenvalue weighted by Gasteiger charge is 2.09. The highest BCUT2D eigenvalue weighted by atomic mass is 16.2. The van der Waals surface area contributed by atoms with Crippen molar-refractivity contribution in [3.05, 3.63) is 42.5 Å². The van der Waals surface area contributed by atoms with Crippen molar-refractivity contribution in [3.8, 4) is 0 Å². The molecule has 2 rings (SSSR count). The minimum atomic E-state index is -0.0478. The molecule has 0 bridgehead atoms. The maximum absolute atomic E-state index is 11.8. The van der Waals surface area contributed by atoms with Gasteiger partial charge in [-0.05, 0) is 24.6 Å². The second-order valence-corrected chi connectivity index (χ2v) is 5.08. The van der Waals surface area contributed by atoms with E-state index in [9.17, 15) is 4.79 Å². The lowest BCUT2D eigenvalue weighted by Gasteiger charge is -2.13. The summed E-state index contributed by atoms with van der Waals surface area (Å²) in [5.41, 5.74) is 8.03. The number of nitrogens with two attached hydrogens (primary N) is 1. The SMILES string of the molecule is CN(C)C(=O)c1ccc(NCCCn2ccnc2)c(N)c1. The van der Waals surface area contributed by atoms with Gasteiger partial charge in [0.15, 0.2) is 0 Å². The van der Waals surface area contributed by atoms with E-state index in [1.54, 1.807) is 38.8 Å². The molecular formula is C15H21N5O. The van der Waals surface area contributed by atoms with E-state index in [2.05, 4.69) is 10.3 Å². The van der Waals surface area contributed by atoms with E-state index in [4.69, 9.17) is 5.73 Å². The van der Waals surface area contributed by atoms with Crippen molar-refractivity contribution in [2.24, 2.45) is 0 Å². The summed E-state index contributed by atoms with van der Waals surface area (Å²) in [4.78, 5) is 17.4. The van der Waals surface area contributed by atoms with Gasteiger partial charge >= 0.3 is 0 Å². The molecule has 6 heteroatoms. The second-order valence-electron chi connectivity index (χ2n) is 5.08. The average molecular weight is 287 g/mol. The van der Waals surface area contributed by atoms with Gasteiger partial charge in [-0.2, -0.15) is 0 Å². The van der Waals surface area contributed by atoms with E-state index in [0.29, 0.717) is 11.3 Å². The second kappa shape index (κ2) is 6.78. The summed E-state index contributed by atoms with van der Waals surface area (Å²) in [6.07, 6.45) is 6.48. The van der Waals surface area contributed by atoms with Crippen LogP contribution in [0.15, 0.2) is 36.9 Å². The number of carbonyl (C=O) groups excluding carboxylic acids is 1. The summed E-state index contributed by atoms with van der Waals surface area (Å²) in [7, 11) is 3.45. The summed E-state index contributed by atoms with van der Waals surface area (Å²) in [5, 5.41) is 3.29. The Morgan fingerprint density at radius 2 is 2.24 bits per heavy atom. The third kappa shape index (κ3) is 3.98. The first kappa shape index (κ1) is 14.9. The van der Waals surface area contributed by atoms with Crippen molar-refractivity contribution in [3.63, 3.8) is 0 Å². The third-order valence-corrected chi connectivity index (χ3v) is 3.17. The summed E-state index contributed by atoms with van der Waals surface area (Å²) in [6.45, 7) is 1.72. The minimum absolute atomic E-state index is 0.0478. The molecular weight excluding hydrogens is 266 g/mol. The molecule has 0 aliphatic heterocycles. The molecule has 6 nitrogen and oxygen atoms in total. The molecule has 2 aromatic rings. The Morgan fingerprint density at radius 3 is 2.86 bits per heavy atom. The number of anilines is 2. The number of nitrogen functional groups attached to an aromatic ring is 1. The molecule has 21 heavy (non-hydrogen) atoms. The lowest BCUT2D eigenvalue weighted by molar-refractivity contribution is 0.0827. The van der Waals surface area contributed by atoms with Crippen molar-refractivity contribution in [2.75, 3.05) is 31.7 Å². The lowest BCUT2D eigenvalue weighted by atomic mass is 10.1. The third-order valence-electron chi connectivity index (χ3n) is 3.17. The highest BCUT2D eigenvalue weighted by molar-refractivity contribution is 5.95. The molecule has 0 spiro atoms. The van der Waals surface area contributed by atoms with Crippen LogP contribution in [0, 0.1) is 0 Å². The van der Waals surface area contributed by atoms with E-state index in [1.807, 2.05) is 16.8 Å². The van der Waals surface area contributed by atoms with Gasteiger partial charge in [-0.1, -0.05) is 0 Å². The average Bonchev–Trinajstić information content (AvgIpc) is 2.97. The van der Waals surface area contributed by atoms with E-state index in [1.165, 1.54) is 4.90 Å². The molecule has 0 fully saturated rings. The smallest absolute Gasteiger partial charge is 0.253 e. The number of benzene rings is 1. The predicted molar refractivity (Wildman–Crippen MR) is 84.2 cm³/mol. The Morgan fingerprint density at radius 1 is 1.43 bits per heavy atom. The number of aromatic nitrogens is 2. The monoisotopic (exact) mass is 287 g/mol. The summed E-state index contributed by atoms with van der Waals surface area (Å²) < 4.78 is 2.03. The van der Waals surface area contributed by atoms with Crippen molar-refractivity contribution in [2.45, 2.75) is 13.0 Å². The fourth-order valence-corrected chi connectivity index (χ4v) is 2.02. The molecule has 1 aromatic heterocycles. The van der Waals surface area contributed by atoms with Crippen molar-refractivity contribution >= 4 is 17.3 Å². The van der Waals surface area contributed by atoms with E-state index >= 15 is 0 Å². The Bertz CT molecular complexity index is 592.